The van der Waals surface area contributed by atoms with Gasteiger partial charge in [-0.15, -0.1) is 0 Å². The number of nitrogens with zero attached hydrogens (tertiary/aromatic N) is 1. The average molecular weight is 331 g/mol. The van der Waals surface area contributed by atoms with Crippen LogP contribution >= 0.6 is 11.6 Å². The molecule has 5 heteroatoms. The van der Waals surface area contributed by atoms with Gasteiger partial charge < -0.3 is 10.1 Å². The molecular formula is C18H19ClN2O2. The first kappa shape index (κ1) is 17.1. The summed E-state index contributed by atoms with van der Waals surface area (Å²) in [6.45, 7) is 5.92. The Balaban J connectivity index is 1.90. The number of benzene rings is 1. The number of hydrogen-bond acceptors (Lipinski definition) is 3. The molecule has 0 spiro atoms. The summed E-state index contributed by atoms with van der Waals surface area (Å²) in [6, 6.07) is 7.47. The number of nitrogens with one attached hydrogen (secondary N) is 1. The van der Waals surface area contributed by atoms with Gasteiger partial charge in [-0.05, 0) is 45.0 Å². The molecule has 1 aromatic heterocycles. The van der Waals surface area contributed by atoms with Crippen LogP contribution in [-0.4, -0.2) is 23.2 Å². The molecule has 0 bridgehead atoms. The van der Waals surface area contributed by atoms with E-state index >= 15 is 0 Å². The molecule has 0 unspecified atom stereocenters. The van der Waals surface area contributed by atoms with E-state index in [4.69, 9.17) is 16.3 Å². The summed E-state index contributed by atoms with van der Waals surface area (Å²) in [5.74, 6) is 6.08. The normalized spacial score (nSPS) is 10.8. The van der Waals surface area contributed by atoms with Gasteiger partial charge >= 0.3 is 6.09 Å². The largest absolute Gasteiger partial charge is 0.444 e. The number of amides is 1. The number of carbonyl (C=O) groups excluding carboxylic acids is 1. The van der Waals surface area contributed by atoms with Crippen molar-refractivity contribution < 1.29 is 9.53 Å². The van der Waals surface area contributed by atoms with Crippen molar-refractivity contribution in [2.45, 2.75) is 32.8 Å². The molecule has 0 saturated carbocycles. The summed E-state index contributed by atoms with van der Waals surface area (Å²) < 4.78 is 5.14. The lowest BCUT2D eigenvalue weighted by Crippen LogP contribution is -2.32. The highest BCUT2D eigenvalue weighted by Gasteiger charge is 2.15. The minimum absolute atomic E-state index is 0.428. The molecule has 1 heterocycles. The number of ether oxygens (including phenoxy) is 1. The zero-order valence-corrected chi connectivity index (χ0v) is 14.2. The standard InChI is InChI=1S/C18H19ClN2O2/c1-18(2,3)23-17(22)21-10-5-4-6-13-7-8-16-14(12-13)15(19)9-11-20-16/h7-9,11-12H,5,10H2,1-3H3,(H,21,22). The molecule has 0 radical (unpaired) electrons. The van der Waals surface area contributed by atoms with Crippen molar-refractivity contribution in [3.8, 4) is 11.8 Å². The van der Waals surface area contributed by atoms with Gasteiger partial charge in [-0.3, -0.25) is 4.98 Å². The summed E-state index contributed by atoms with van der Waals surface area (Å²) in [5, 5.41) is 4.21. The van der Waals surface area contributed by atoms with E-state index in [0.717, 1.165) is 16.5 Å². The summed E-state index contributed by atoms with van der Waals surface area (Å²) in [6.07, 6.45) is 1.79. The molecule has 0 aliphatic carbocycles. The van der Waals surface area contributed by atoms with Crippen molar-refractivity contribution in [3.63, 3.8) is 0 Å². The Hall–Kier alpha value is -2.25. The molecule has 1 amide bonds. The summed E-state index contributed by atoms with van der Waals surface area (Å²) in [7, 11) is 0. The first-order valence-corrected chi connectivity index (χ1v) is 7.73. The van der Waals surface area contributed by atoms with Gasteiger partial charge in [0.1, 0.15) is 5.60 Å². The molecule has 0 saturated heterocycles. The van der Waals surface area contributed by atoms with Gasteiger partial charge in [0.05, 0.1) is 10.5 Å². The number of hydrogen-bond donors (Lipinski definition) is 1. The van der Waals surface area contributed by atoms with Gasteiger partial charge in [-0.1, -0.05) is 23.4 Å². The van der Waals surface area contributed by atoms with Crippen LogP contribution in [0.1, 0.15) is 32.8 Å². The van der Waals surface area contributed by atoms with Crippen molar-refractivity contribution in [1.29, 1.82) is 0 Å². The van der Waals surface area contributed by atoms with E-state index in [1.807, 2.05) is 39.0 Å². The molecule has 2 rings (SSSR count). The maximum atomic E-state index is 11.5. The topological polar surface area (TPSA) is 51.2 Å². The Morgan fingerprint density at radius 1 is 1.35 bits per heavy atom. The van der Waals surface area contributed by atoms with Gasteiger partial charge in [0.25, 0.3) is 0 Å². The minimum atomic E-state index is -0.492. The Morgan fingerprint density at radius 3 is 2.87 bits per heavy atom. The van der Waals surface area contributed by atoms with E-state index in [0.29, 0.717) is 18.0 Å². The van der Waals surface area contributed by atoms with Crippen molar-refractivity contribution >= 4 is 28.6 Å². The number of pyridine rings is 1. The highest BCUT2D eigenvalue weighted by molar-refractivity contribution is 6.35. The van der Waals surface area contributed by atoms with E-state index in [2.05, 4.69) is 22.1 Å². The van der Waals surface area contributed by atoms with E-state index in [-0.39, 0.29) is 0 Å². The van der Waals surface area contributed by atoms with E-state index in [1.165, 1.54) is 0 Å². The summed E-state index contributed by atoms with van der Waals surface area (Å²) in [4.78, 5) is 15.7. The van der Waals surface area contributed by atoms with Crippen LogP contribution in [0.3, 0.4) is 0 Å². The van der Waals surface area contributed by atoms with Crippen LogP contribution in [0.5, 0.6) is 0 Å². The van der Waals surface area contributed by atoms with Crippen LogP contribution in [0.2, 0.25) is 5.02 Å². The maximum absolute atomic E-state index is 11.5. The molecule has 1 aromatic carbocycles. The number of fused-ring (bicyclic) bond motifs is 1. The predicted molar refractivity (Wildman–Crippen MR) is 92.5 cm³/mol. The predicted octanol–water partition coefficient (Wildman–Crippen LogP) is 4.15. The molecule has 0 aliphatic heterocycles. The zero-order valence-electron chi connectivity index (χ0n) is 13.4. The second kappa shape index (κ2) is 7.34. The third-order valence-corrected chi connectivity index (χ3v) is 3.17. The second-order valence-electron chi connectivity index (χ2n) is 6.01. The first-order chi connectivity index (χ1) is 10.8. The fourth-order valence-electron chi connectivity index (χ4n) is 1.90. The third-order valence-electron chi connectivity index (χ3n) is 2.84. The molecule has 1 N–H and O–H groups in total. The van der Waals surface area contributed by atoms with Crippen LogP contribution < -0.4 is 5.32 Å². The average Bonchev–Trinajstić information content (AvgIpc) is 2.46. The molecular weight excluding hydrogens is 312 g/mol. The van der Waals surface area contributed by atoms with Gasteiger partial charge in [0.15, 0.2) is 0 Å². The monoisotopic (exact) mass is 330 g/mol. The summed E-state index contributed by atoms with van der Waals surface area (Å²) in [5.41, 5.74) is 1.22. The third kappa shape index (κ3) is 5.46. The van der Waals surface area contributed by atoms with Crippen LogP contribution in [0.25, 0.3) is 10.9 Å². The minimum Gasteiger partial charge on any atom is -0.444 e. The van der Waals surface area contributed by atoms with Crippen molar-refractivity contribution in [2.24, 2.45) is 0 Å². The second-order valence-corrected chi connectivity index (χ2v) is 6.41. The van der Waals surface area contributed by atoms with Crippen LogP contribution in [0, 0.1) is 11.8 Å². The molecule has 2 aromatic rings. The zero-order chi connectivity index (χ0) is 16.9. The van der Waals surface area contributed by atoms with E-state index in [1.54, 1.807) is 12.3 Å². The maximum Gasteiger partial charge on any atom is 0.407 e. The summed E-state index contributed by atoms with van der Waals surface area (Å²) >= 11 is 6.15. The van der Waals surface area contributed by atoms with Gasteiger partial charge in [0.2, 0.25) is 0 Å². The number of rotatable bonds is 2. The SMILES string of the molecule is CC(C)(C)OC(=O)NCCC#Cc1ccc2nccc(Cl)c2c1. The smallest absolute Gasteiger partial charge is 0.407 e. The van der Waals surface area contributed by atoms with Crippen molar-refractivity contribution in [1.82, 2.24) is 10.3 Å². The fourth-order valence-corrected chi connectivity index (χ4v) is 2.10. The Morgan fingerprint density at radius 2 is 2.13 bits per heavy atom. The number of alkyl carbamates (subject to hydrolysis) is 1. The first-order valence-electron chi connectivity index (χ1n) is 7.35. The van der Waals surface area contributed by atoms with Crippen molar-refractivity contribution in [3.05, 3.63) is 41.0 Å². The Bertz CT molecular complexity index is 770. The van der Waals surface area contributed by atoms with Gasteiger partial charge in [-0.25, -0.2) is 4.79 Å². The number of carbonyl (C=O) groups is 1. The van der Waals surface area contributed by atoms with Gasteiger partial charge in [-0.2, -0.15) is 0 Å². The lowest BCUT2D eigenvalue weighted by Gasteiger charge is -2.19. The Labute approximate surface area is 141 Å². The van der Waals surface area contributed by atoms with Crippen molar-refractivity contribution in [2.75, 3.05) is 6.54 Å². The quantitative estimate of drug-likeness (QED) is 0.664. The lowest BCUT2D eigenvalue weighted by atomic mass is 10.1. The van der Waals surface area contributed by atoms with Crippen LogP contribution in [0.15, 0.2) is 30.5 Å². The molecule has 4 nitrogen and oxygen atoms in total. The molecule has 23 heavy (non-hydrogen) atoms. The van der Waals surface area contributed by atoms with Crippen LogP contribution in [0.4, 0.5) is 4.79 Å². The Kier molecular flexibility index (Phi) is 5.46. The highest BCUT2D eigenvalue weighted by Crippen LogP contribution is 2.22. The molecule has 120 valence electrons. The number of halogens is 1. The highest BCUT2D eigenvalue weighted by atomic mass is 35.5. The lowest BCUT2D eigenvalue weighted by molar-refractivity contribution is 0.0529. The fraction of sp³-hybridized carbons (Fsp3) is 0.333. The van der Waals surface area contributed by atoms with Gasteiger partial charge in [0, 0.05) is 30.1 Å². The van der Waals surface area contributed by atoms with E-state index < -0.39 is 11.7 Å². The number of aromatic nitrogens is 1. The van der Waals surface area contributed by atoms with Crippen LogP contribution in [-0.2, 0) is 4.74 Å². The molecule has 0 fully saturated rings. The molecule has 0 atom stereocenters. The molecule has 0 aliphatic rings. The van der Waals surface area contributed by atoms with E-state index in [9.17, 15) is 4.79 Å².